The van der Waals surface area contributed by atoms with Gasteiger partial charge in [-0.2, -0.15) is 0 Å². The van der Waals surface area contributed by atoms with E-state index in [1.807, 2.05) is 51.3 Å². The number of amides is 2. The van der Waals surface area contributed by atoms with Crippen LogP contribution >= 0.6 is 0 Å². The third-order valence-corrected chi connectivity index (χ3v) is 6.94. The molecule has 2 amide bonds. The molecule has 1 N–H and O–H groups in total. The molecule has 0 bridgehead atoms. The molecule has 4 aliphatic heterocycles. The van der Waals surface area contributed by atoms with E-state index in [9.17, 15) is 14.5 Å². The molecule has 0 saturated carbocycles. The second-order valence-electron chi connectivity index (χ2n) is 12.4. The van der Waals surface area contributed by atoms with Gasteiger partial charge in [0.1, 0.15) is 17.1 Å². The number of carbonyl (C=O) groups is 2. The molecular formula is C25H36N10O3. The number of hydrogen-bond donors (Lipinski definition) is 1. The van der Waals surface area contributed by atoms with Crippen LogP contribution in [0.15, 0.2) is 26.5 Å². The highest BCUT2D eigenvalue weighted by Crippen LogP contribution is 2.38. The third kappa shape index (κ3) is 3.99. The molecule has 4 aliphatic rings. The SMILES string of the molecule is CC(C)CN1C(=NC2N3C(=O)c4[nH]cnc4N(CC(C)C)C3=NC2(C)C)C(N=O)C(=O)N2CC(C)(C)N=C21. The Kier molecular flexibility index (Phi) is 5.95. The number of anilines is 1. The number of aliphatic imine (C=N–C) groups is 3. The van der Waals surface area contributed by atoms with E-state index in [0.29, 0.717) is 43.1 Å². The van der Waals surface area contributed by atoms with E-state index in [-0.39, 0.29) is 23.6 Å². The summed E-state index contributed by atoms with van der Waals surface area (Å²) in [6.07, 6.45) is 0.676. The Morgan fingerprint density at radius 2 is 1.68 bits per heavy atom. The fourth-order valence-electron chi connectivity index (χ4n) is 5.41. The zero-order valence-corrected chi connectivity index (χ0v) is 23.3. The molecule has 2 atom stereocenters. The quantitative estimate of drug-likeness (QED) is 0.566. The molecule has 13 heteroatoms. The second kappa shape index (κ2) is 8.70. The van der Waals surface area contributed by atoms with Crippen LogP contribution in [-0.2, 0) is 4.79 Å². The maximum atomic E-state index is 13.8. The van der Waals surface area contributed by atoms with Crippen LogP contribution < -0.4 is 4.90 Å². The number of amidine groups is 1. The highest BCUT2D eigenvalue weighted by molar-refractivity contribution is 6.23. The highest BCUT2D eigenvalue weighted by atomic mass is 16.3. The van der Waals surface area contributed by atoms with E-state index in [1.165, 1.54) is 11.2 Å². The molecule has 1 saturated heterocycles. The van der Waals surface area contributed by atoms with E-state index < -0.39 is 29.2 Å². The summed E-state index contributed by atoms with van der Waals surface area (Å²) < 4.78 is 0. The summed E-state index contributed by atoms with van der Waals surface area (Å²) >= 11 is 0. The van der Waals surface area contributed by atoms with Gasteiger partial charge in [0, 0.05) is 13.1 Å². The Hall–Kier alpha value is -3.64. The number of nitrogens with one attached hydrogen (secondary N) is 1. The summed E-state index contributed by atoms with van der Waals surface area (Å²) in [4.78, 5) is 68.3. The predicted molar refractivity (Wildman–Crippen MR) is 144 cm³/mol. The van der Waals surface area contributed by atoms with Gasteiger partial charge in [-0.05, 0) is 44.7 Å². The number of imidazole rings is 1. The average molecular weight is 525 g/mol. The minimum atomic E-state index is -1.35. The molecule has 0 aliphatic carbocycles. The predicted octanol–water partition coefficient (Wildman–Crippen LogP) is 2.28. The number of aromatic nitrogens is 2. The van der Waals surface area contributed by atoms with Crippen molar-refractivity contribution in [1.82, 2.24) is 24.7 Å². The molecule has 1 aromatic heterocycles. The van der Waals surface area contributed by atoms with Gasteiger partial charge in [-0.15, -0.1) is 4.91 Å². The fraction of sp³-hybridized carbons (Fsp3) is 0.680. The Labute approximate surface area is 222 Å². The van der Waals surface area contributed by atoms with Crippen molar-refractivity contribution >= 4 is 35.4 Å². The smallest absolute Gasteiger partial charge is 0.282 e. The highest BCUT2D eigenvalue weighted by Gasteiger charge is 2.54. The van der Waals surface area contributed by atoms with Gasteiger partial charge in [-0.25, -0.2) is 20.0 Å². The first kappa shape index (κ1) is 26.0. The maximum Gasteiger partial charge on any atom is 0.282 e. The van der Waals surface area contributed by atoms with E-state index in [2.05, 4.69) is 29.0 Å². The van der Waals surface area contributed by atoms with Crippen molar-refractivity contribution in [2.45, 2.75) is 78.7 Å². The van der Waals surface area contributed by atoms with Crippen LogP contribution in [0.25, 0.3) is 0 Å². The lowest BCUT2D eigenvalue weighted by molar-refractivity contribution is -0.128. The van der Waals surface area contributed by atoms with Gasteiger partial charge in [0.05, 0.1) is 18.4 Å². The van der Waals surface area contributed by atoms with Crippen LogP contribution in [0.5, 0.6) is 0 Å². The Morgan fingerprint density at radius 1 is 1.03 bits per heavy atom. The molecule has 5 rings (SSSR count). The van der Waals surface area contributed by atoms with Gasteiger partial charge in [-0.1, -0.05) is 27.7 Å². The number of rotatable bonds is 6. The molecular weight excluding hydrogens is 488 g/mol. The summed E-state index contributed by atoms with van der Waals surface area (Å²) in [5, 5.41) is 3.23. The maximum absolute atomic E-state index is 13.8. The van der Waals surface area contributed by atoms with E-state index in [1.54, 1.807) is 4.90 Å². The first-order chi connectivity index (χ1) is 17.8. The molecule has 1 aromatic rings. The van der Waals surface area contributed by atoms with Crippen LogP contribution in [0.4, 0.5) is 5.82 Å². The number of hydrogen-bond acceptors (Lipinski definition) is 9. The van der Waals surface area contributed by atoms with Crippen molar-refractivity contribution in [1.29, 1.82) is 0 Å². The number of H-pyrrole nitrogens is 1. The van der Waals surface area contributed by atoms with E-state index in [4.69, 9.17) is 15.0 Å². The van der Waals surface area contributed by atoms with E-state index >= 15 is 0 Å². The van der Waals surface area contributed by atoms with Crippen LogP contribution in [-0.4, -0.2) is 97.2 Å². The monoisotopic (exact) mass is 524 g/mol. The summed E-state index contributed by atoms with van der Waals surface area (Å²) in [6, 6.07) is -1.35. The first-order valence-electron chi connectivity index (χ1n) is 13.1. The topological polar surface area (TPSA) is 142 Å². The fourth-order valence-corrected chi connectivity index (χ4v) is 5.41. The minimum absolute atomic E-state index is 0.170. The molecule has 0 aromatic carbocycles. The van der Waals surface area contributed by atoms with Gasteiger partial charge in [0.25, 0.3) is 11.8 Å². The van der Waals surface area contributed by atoms with Gasteiger partial charge in [0.15, 0.2) is 12.0 Å². The Balaban J connectivity index is 1.65. The zero-order chi connectivity index (χ0) is 27.7. The Bertz CT molecular complexity index is 1270. The van der Waals surface area contributed by atoms with Crippen LogP contribution in [0.2, 0.25) is 0 Å². The van der Waals surface area contributed by atoms with Gasteiger partial charge < -0.3 is 4.98 Å². The van der Waals surface area contributed by atoms with Gasteiger partial charge in [-0.3, -0.25) is 29.2 Å². The molecule has 0 spiro atoms. The van der Waals surface area contributed by atoms with Crippen LogP contribution in [0.1, 0.15) is 65.9 Å². The number of aromatic amines is 1. The zero-order valence-electron chi connectivity index (χ0n) is 23.3. The van der Waals surface area contributed by atoms with Crippen molar-refractivity contribution in [3.05, 3.63) is 16.9 Å². The lowest BCUT2D eigenvalue weighted by Gasteiger charge is -2.40. The largest absolute Gasteiger partial charge is 0.339 e. The van der Waals surface area contributed by atoms with Crippen molar-refractivity contribution in [3.8, 4) is 0 Å². The summed E-state index contributed by atoms with van der Waals surface area (Å²) in [5.41, 5.74) is -1.02. The number of nitrogens with zero attached hydrogens (tertiary/aromatic N) is 9. The molecule has 2 unspecified atom stereocenters. The van der Waals surface area contributed by atoms with Crippen molar-refractivity contribution in [2.75, 3.05) is 24.5 Å². The van der Waals surface area contributed by atoms with E-state index in [0.717, 1.165) is 0 Å². The lowest BCUT2D eigenvalue weighted by atomic mass is 10.0. The van der Waals surface area contributed by atoms with Crippen molar-refractivity contribution in [2.24, 2.45) is 32.0 Å². The molecule has 13 nitrogen and oxygen atoms in total. The summed E-state index contributed by atoms with van der Waals surface area (Å²) in [7, 11) is 0. The van der Waals surface area contributed by atoms with Crippen LogP contribution in [0.3, 0.4) is 0 Å². The second-order valence-corrected chi connectivity index (χ2v) is 12.4. The number of nitroso groups, excluding NO2 is 1. The molecule has 5 heterocycles. The molecule has 38 heavy (non-hydrogen) atoms. The Morgan fingerprint density at radius 3 is 2.32 bits per heavy atom. The normalized spacial score (nSPS) is 26.7. The number of fused-ring (bicyclic) bond motifs is 3. The number of guanidine groups is 2. The molecule has 1 fully saturated rings. The summed E-state index contributed by atoms with van der Waals surface area (Å²) in [5.74, 6) is 1.31. The standard InChI is InChI=1S/C25H36N10O3/c1-13(2)9-32-17-15(26-12-27-17)20(37)35-21(25(7,8)30-23(32)35)28-18-16(31-38)19(36)34-11-24(5,6)29-22(34)33(18)10-14(3)4/h12-14,16,21H,9-11H2,1-8H3,(H,26,27). The molecule has 204 valence electrons. The number of carbonyl (C=O) groups excluding carboxylic acids is 2. The van der Waals surface area contributed by atoms with Gasteiger partial charge in [0.2, 0.25) is 18.0 Å². The average Bonchev–Trinajstić information content (AvgIpc) is 3.48. The molecule has 0 radical (unpaired) electrons. The van der Waals surface area contributed by atoms with Crippen molar-refractivity contribution < 1.29 is 9.59 Å². The van der Waals surface area contributed by atoms with Gasteiger partial charge >= 0.3 is 0 Å². The minimum Gasteiger partial charge on any atom is -0.339 e. The summed E-state index contributed by atoms with van der Waals surface area (Å²) in [6.45, 7) is 17.3. The third-order valence-electron chi connectivity index (χ3n) is 6.94. The van der Waals surface area contributed by atoms with Crippen LogP contribution in [0, 0.1) is 16.7 Å². The first-order valence-corrected chi connectivity index (χ1v) is 13.1. The lowest BCUT2D eigenvalue weighted by Crippen LogP contribution is -2.63. The van der Waals surface area contributed by atoms with Crippen molar-refractivity contribution in [3.63, 3.8) is 0 Å².